The van der Waals surface area contributed by atoms with E-state index < -0.39 is 15.1 Å². The van der Waals surface area contributed by atoms with Crippen molar-refractivity contribution in [3.05, 3.63) is 59.7 Å². The van der Waals surface area contributed by atoms with Crippen molar-refractivity contribution in [2.45, 2.75) is 43.3 Å². The SMILES string of the molecule is CC(=O)N1CCc2cc(S(=O)(=O)C(C)CC(=O)NCCc3ccccc3)ccc21. The number of rotatable bonds is 7. The Morgan fingerprint density at radius 1 is 1.14 bits per heavy atom. The number of fused-ring (bicyclic) bond motifs is 1. The maximum absolute atomic E-state index is 12.9. The molecule has 7 heteroatoms. The molecule has 0 aliphatic carbocycles. The molecule has 0 radical (unpaired) electrons. The molecule has 1 atom stereocenters. The number of carbonyl (C=O) groups excluding carboxylic acids is 2. The molecule has 0 aromatic heterocycles. The van der Waals surface area contributed by atoms with Crippen LogP contribution in [0.15, 0.2) is 53.4 Å². The summed E-state index contributed by atoms with van der Waals surface area (Å²) in [4.78, 5) is 25.7. The highest BCUT2D eigenvalue weighted by Crippen LogP contribution is 2.31. The molecule has 0 saturated heterocycles. The number of hydrogen-bond acceptors (Lipinski definition) is 4. The molecule has 154 valence electrons. The van der Waals surface area contributed by atoms with Gasteiger partial charge in [-0.2, -0.15) is 0 Å². The van der Waals surface area contributed by atoms with Crippen LogP contribution in [0.5, 0.6) is 0 Å². The van der Waals surface area contributed by atoms with E-state index >= 15 is 0 Å². The van der Waals surface area contributed by atoms with E-state index in [0.717, 1.165) is 16.8 Å². The van der Waals surface area contributed by atoms with Gasteiger partial charge >= 0.3 is 0 Å². The Bertz CT molecular complexity index is 1000. The molecule has 0 bridgehead atoms. The van der Waals surface area contributed by atoms with Crippen molar-refractivity contribution in [2.24, 2.45) is 0 Å². The fourth-order valence-electron chi connectivity index (χ4n) is 3.55. The van der Waals surface area contributed by atoms with Crippen molar-refractivity contribution >= 4 is 27.3 Å². The summed E-state index contributed by atoms with van der Waals surface area (Å²) >= 11 is 0. The Labute approximate surface area is 171 Å². The first-order valence-corrected chi connectivity index (χ1v) is 11.3. The molecule has 6 nitrogen and oxygen atoms in total. The highest BCUT2D eigenvalue weighted by Gasteiger charge is 2.29. The summed E-state index contributed by atoms with van der Waals surface area (Å²) in [7, 11) is -3.63. The molecule has 2 amide bonds. The lowest BCUT2D eigenvalue weighted by Crippen LogP contribution is -2.31. The molecule has 1 N–H and O–H groups in total. The van der Waals surface area contributed by atoms with Crippen LogP contribution in [-0.4, -0.2) is 38.6 Å². The van der Waals surface area contributed by atoms with Crippen LogP contribution in [0, 0.1) is 0 Å². The summed E-state index contributed by atoms with van der Waals surface area (Å²) in [5.41, 5.74) is 2.73. The smallest absolute Gasteiger partial charge is 0.223 e. The number of hydrogen-bond donors (Lipinski definition) is 1. The number of anilines is 1. The molecule has 0 spiro atoms. The minimum atomic E-state index is -3.63. The first kappa shape index (κ1) is 21.0. The highest BCUT2D eigenvalue weighted by molar-refractivity contribution is 7.92. The quantitative estimate of drug-likeness (QED) is 0.755. The average molecular weight is 415 g/mol. The molecule has 29 heavy (non-hydrogen) atoms. The number of sulfone groups is 1. The van der Waals surface area contributed by atoms with Gasteiger partial charge < -0.3 is 10.2 Å². The Morgan fingerprint density at radius 3 is 2.55 bits per heavy atom. The number of benzene rings is 2. The summed E-state index contributed by atoms with van der Waals surface area (Å²) in [5, 5.41) is 1.97. The van der Waals surface area contributed by atoms with Gasteiger partial charge in [0.1, 0.15) is 0 Å². The molecule has 2 aromatic rings. The predicted molar refractivity (Wildman–Crippen MR) is 113 cm³/mol. The van der Waals surface area contributed by atoms with E-state index in [2.05, 4.69) is 5.32 Å². The van der Waals surface area contributed by atoms with Crippen LogP contribution in [0.1, 0.15) is 31.4 Å². The summed E-state index contributed by atoms with van der Waals surface area (Å²) in [5.74, 6) is -0.333. The average Bonchev–Trinajstić information content (AvgIpc) is 3.12. The summed E-state index contributed by atoms with van der Waals surface area (Å²) < 4.78 is 25.8. The van der Waals surface area contributed by atoms with Gasteiger partial charge in [-0.15, -0.1) is 0 Å². The van der Waals surface area contributed by atoms with Crippen molar-refractivity contribution in [2.75, 3.05) is 18.0 Å². The lowest BCUT2D eigenvalue weighted by molar-refractivity contribution is -0.121. The van der Waals surface area contributed by atoms with Crippen LogP contribution in [0.25, 0.3) is 0 Å². The highest BCUT2D eigenvalue weighted by atomic mass is 32.2. The lowest BCUT2D eigenvalue weighted by atomic mass is 10.1. The van der Waals surface area contributed by atoms with Crippen molar-refractivity contribution in [3.63, 3.8) is 0 Å². The maximum atomic E-state index is 12.9. The zero-order valence-corrected chi connectivity index (χ0v) is 17.5. The van der Waals surface area contributed by atoms with Gasteiger partial charge in [0, 0.05) is 32.1 Å². The number of carbonyl (C=O) groups is 2. The topological polar surface area (TPSA) is 83.6 Å². The third kappa shape index (κ3) is 4.85. The molecular weight excluding hydrogens is 388 g/mol. The normalized spacial score (nSPS) is 14.3. The van der Waals surface area contributed by atoms with Crippen LogP contribution in [0.4, 0.5) is 5.69 Å². The fraction of sp³-hybridized carbons (Fsp3) is 0.364. The van der Waals surface area contributed by atoms with E-state index in [9.17, 15) is 18.0 Å². The molecule has 1 aliphatic heterocycles. The number of nitrogens with one attached hydrogen (secondary N) is 1. The Kier molecular flexibility index (Phi) is 6.37. The van der Waals surface area contributed by atoms with E-state index in [-0.39, 0.29) is 23.1 Å². The molecule has 0 saturated carbocycles. The molecule has 0 fully saturated rings. The zero-order chi connectivity index (χ0) is 21.0. The fourth-order valence-corrected chi connectivity index (χ4v) is 4.95. The summed E-state index contributed by atoms with van der Waals surface area (Å²) in [6.45, 7) is 4.09. The van der Waals surface area contributed by atoms with Crippen molar-refractivity contribution in [3.8, 4) is 0 Å². The van der Waals surface area contributed by atoms with E-state index in [1.54, 1.807) is 24.0 Å². The standard InChI is InChI=1S/C22H26N2O4S/c1-16(14-22(26)23-12-10-18-6-4-3-5-7-18)29(27,28)20-8-9-21-19(15-20)11-13-24(21)17(2)25/h3-9,15-16H,10-14H2,1-2H3,(H,23,26). The molecule has 1 heterocycles. The summed E-state index contributed by atoms with van der Waals surface area (Å²) in [6, 6.07) is 14.6. The van der Waals surface area contributed by atoms with Crippen molar-refractivity contribution in [1.29, 1.82) is 0 Å². The third-order valence-electron chi connectivity index (χ3n) is 5.24. The second-order valence-corrected chi connectivity index (χ2v) is 9.72. The Balaban J connectivity index is 1.60. The van der Waals surface area contributed by atoms with Gasteiger partial charge in [0.25, 0.3) is 0 Å². The minimum absolute atomic E-state index is 0.0556. The van der Waals surface area contributed by atoms with Crippen LogP contribution < -0.4 is 10.2 Å². The summed E-state index contributed by atoms with van der Waals surface area (Å²) in [6.07, 6.45) is 1.24. The van der Waals surface area contributed by atoms with Crippen LogP contribution in [0.3, 0.4) is 0 Å². The Hall–Kier alpha value is -2.67. The van der Waals surface area contributed by atoms with Crippen molar-refractivity contribution < 1.29 is 18.0 Å². The van der Waals surface area contributed by atoms with Gasteiger partial charge in [0.15, 0.2) is 9.84 Å². The Morgan fingerprint density at radius 2 is 1.86 bits per heavy atom. The number of nitrogens with zero attached hydrogens (tertiary/aromatic N) is 1. The number of amides is 2. The third-order valence-corrected chi connectivity index (χ3v) is 7.37. The second-order valence-electron chi connectivity index (χ2n) is 7.36. The molecule has 3 rings (SSSR count). The van der Waals surface area contributed by atoms with Crippen LogP contribution >= 0.6 is 0 Å². The van der Waals surface area contributed by atoms with Gasteiger partial charge in [-0.3, -0.25) is 9.59 Å². The first-order chi connectivity index (χ1) is 13.8. The minimum Gasteiger partial charge on any atom is -0.356 e. The molecular formula is C22H26N2O4S. The first-order valence-electron chi connectivity index (χ1n) is 9.74. The molecule has 1 unspecified atom stereocenters. The monoisotopic (exact) mass is 414 g/mol. The van der Waals surface area contributed by atoms with E-state index in [4.69, 9.17) is 0 Å². The van der Waals surface area contributed by atoms with Crippen molar-refractivity contribution in [1.82, 2.24) is 5.32 Å². The maximum Gasteiger partial charge on any atom is 0.223 e. The molecule has 2 aromatic carbocycles. The van der Waals surface area contributed by atoms with E-state index in [1.165, 1.54) is 13.0 Å². The van der Waals surface area contributed by atoms with Gasteiger partial charge in [-0.05, 0) is 49.1 Å². The molecule has 1 aliphatic rings. The van der Waals surface area contributed by atoms with Crippen LogP contribution in [-0.2, 0) is 32.3 Å². The zero-order valence-electron chi connectivity index (χ0n) is 16.7. The lowest BCUT2D eigenvalue weighted by Gasteiger charge is -2.16. The largest absolute Gasteiger partial charge is 0.356 e. The van der Waals surface area contributed by atoms with Gasteiger partial charge in [0.2, 0.25) is 11.8 Å². The van der Waals surface area contributed by atoms with E-state index in [1.807, 2.05) is 30.3 Å². The predicted octanol–water partition coefficient (Wildman–Crippen LogP) is 2.51. The van der Waals surface area contributed by atoms with E-state index in [0.29, 0.717) is 25.9 Å². The second kappa shape index (κ2) is 8.78. The van der Waals surface area contributed by atoms with Gasteiger partial charge in [-0.25, -0.2) is 8.42 Å². The van der Waals surface area contributed by atoms with Gasteiger partial charge in [0.05, 0.1) is 10.1 Å². The van der Waals surface area contributed by atoms with Gasteiger partial charge in [-0.1, -0.05) is 30.3 Å². The van der Waals surface area contributed by atoms with Crippen LogP contribution in [0.2, 0.25) is 0 Å².